The molecule has 1 N–H and O–H groups in total. The molecule has 27 heavy (non-hydrogen) atoms. The Morgan fingerprint density at radius 2 is 1.70 bits per heavy atom. The fourth-order valence-electron chi connectivity index (χ4n) is 2.61. The Hall–Kier alpha value is -2.82. The Morgan fingerprint density at radius 1 is 0.963 bits per heavy atom. The van der Waals surface area contributed by atoms with E-state index >= 15 is 0 Å². The van der Waals surface area contributed by atoms with E-state index in [1.165, 1.54) is 11.1 Å². The zero-order valence-corrected chi connectivity index (χ0v) is 16.6. The highest BCUT2D eigenvalue weighted by atomic mass is 16.6. The van der Waals surface area contributed by atoms with Crippen LogP contribution in [-0.4, -0.2) is 25.1 Å². The van der Waals surface area contributed by atoms with Crippen molar-refractivity contribution in [3.63, 3.8) is 0 Å². The first-order valence-corrected chi connectivity index (χ1v) is 8.99. The minimum Gasteiger partial charge on any atom is -0.482 e. The van der Waals surface area contributed by atoms with Gasteiger partial charge in [-0.1, -0.05) is 30.3 Å². The third-order valence-corrected chi connectivity index (χ3v) is 4.67. The molecule has 2 aromatic carbocycles. The molecule has 1 atom stereocenters. The van der Waals surface area contributed by atoms with Gasteiger partial charge in [0, 0.05) is 0 Å². The highest BCUT2D eigenvalue weighted by molar-refractivity contribution is 5.81. The molecule has 5 heteroatoms. The van der Waals surface area contributed by atoms with E-state index in [4.69, 9.17) is 9.47 Å². The third kappa shape index (κ3) is 5.84. The van der Waals surface area contributed by atoms with Crippen molar-refractivity contribution in [1.82, 2.24) is 5.32 Å². The molecule has 0 aliphatic rings. The second kappa shape index (κ2) is 9.21. The summed E-state index contributed by atoms with van der Waals surface area (Å²) < 4.78 is 10.5. The van der Waals surface area contributed by atoms with Crippen LogP contribution < -0.4 is 10.1 Å². The highest BCUT2D eigenvalue weighted by Gasteiger charge is 2.13. The Balaban J connectivity index is 1.78. The lowest BCUT2D eigenvalue weighted by Crippen LogP contribution is -2.32. The van der Waals surface area contributed by atoms with Gasteiger partial charge in [-0.2, -0.15) is 0 Å². The van der Waals surface area contributed by atoms with Gasteiger partial charge in [-0.3, -0.25) is 4.79 Å². The average molecular weight is 369 g/mol. The van der Waals surface area contributed by atoms with Gasteiger partial charge in [0.2, 0.25) is 0 Å². The summed E-state index contributed by atoms with van der Waals surface area (Å²) in [5.41, 5.74) is 5.44. The number of benzene rings is 2. The molecule has 0 bridgehead atoms. The second-order valence-electron chi connectivity index (χ2n) is 6.78. The first kappa shape index (κ1) is 20.5. The SMILES string of the molecule is Cc1ccc([C@@H](C)NC(=O)COC(=O)COc2cccc(C)c2C)cc1C. The molecule has 0 aliphatic carbocycles. The maximum Gasteiger partial charge on any atom is 0.344 e. The molecular formula is C22H27NO4. The van der Waals surface area contributed by atoms with E-state index in [0.29, 0.717) is 5.75 Å². The summed E-state index contributed by atoms with van der Waals surface area (Å²) in [5, 5.41) is 2.83. The summed E-state index contributed by atoms with van der Waals surface area (Å²) in [6.07, 6.45) is 0. The van der Waals surface area contributed by atoms with Gasteiger partial charge in [0.15, 0.2) is 13.2 Å². The van der Waals surface area contributed by atoms with E-state index < -0.39 is 5.97 Å². The zero-order valence-electron chi connectivity index (χ0n) is 16.6. The number of carbonyl (C=O) groups is 2. The van der Waals surface area contributed by atoms with Crippen LogP contribution in [0.25, 0.3) is 0 Å². The molecular weight excluding hydrogens is 342 g/mol. The fourth-order valence-corrected chi connectivity index (χ4v) is 2.61. The van der Waals surface area contributed by atoms with Crippen LogP contribution in [0.2, 0.25) is 0 Å². The van der Waals surface area contributed by atoms with Crippen molar-refractivity contribution in [2.45, 2.75) is 40.7 Å². The number of esters is 1. The van der Waals surface area contributed by atoms with E-state index in [0.717, 1.165) is 16.7 Å². The third-order valence-electron chi connectivity index (χ3n) is 4.67. The van der Waals surface area contributed by atoms with E-state index in [2.05, 4.69) is 5.32 Å². The van der Waals surface area contributed by atoms with Gasteiger partial charge in [-0.25, -0.2) is 4.79 Å². The normalized spacial score (nSPS) is 11.6. The molecule has 0 aliphatic heterocycles. The quantitative estimate of drug-likeness (QED) is 0.756. The Kier molecular flexibility index (Phi) is 6.99. The molecule has 0 unspecified atom stereocenters. The summed E-state index contributed by atoms with van der Waals surface area (Å²) in [5.74, 6) is -0.287. The highest BCUT2D eigenvalue weighted by Crippen LogP contribution is 2.20. The van der Waals surface area contributed by atoms with Crippen molar-refractivity contribution in [3.8, 4) is 5.75 Å². The summed E-state index contributed by atoms with van der Waals surface area (Å²) in [7, 11) is 0. The van der Waals surface area contributed by atoms with Crippen LogP contribution in [0.1, 0.15) is 40.8 Å². The minimum atomic E-state index is -0.579. The summed E-state index contributed by atoms with van der Waals surface area (Å²) >= 11 is 0. The van der Waals surface area contributed by atoms with Gasteiger partial charge in [0.1, 0.15) is 5.75 Å². The molecule has 0 fully saturated rings. The maximum atomic E-state index is 12.0. The van der Waals surface area contributed by atoms with Crippen LogP contribution in [0.15, 0.2) is 36.4 Å². The number of hydrogen-bond donors (Lipinski definition) is 1. The Labute approximate surface area is 160 Å². The molecule has 0 saturated heterocycles. The lowest BCUT2D eigenvalue weighted by Gasteiger charge is -2.16. The van der Waals surface area contributed by atoms with Crippen molar-refractivity contribution >= 4 is 11.9 Å². The molecule has 0 saturated carbocycles. The van der Waals surface area contributed by atoms with Crippen LogP contribution in [0.3, 0.4) is 0 Å². The Morgan fingerprint density at radius 3 is 2.41 bits per heavy atom. The monoisotopic (exact) mass is 369 g/mol. The van der Waals surface area contributed by atoms with Gasteiger partial charge >= 0.3 is 5.97 Å². The lowest BCUT2D eigenvalue weighted by atomic mass is 10.0. The van der Waals surface area contributed by atoms with Crippen molar-refractivity contribution in [1.29, 1.82) is 0 Å². The van der Waals surface area contributed by atoms with E-state index in [9.17, 15) is 9.59 Å². The predicted molar refractivity (Wildman–Crippen MR) is 105 cm³/mol. The largest absolute Gasteiger partial charge is 0.482 e. The number of hydrogen-bond acceptors (Lipinski definition) is 4. The molecule has 2 aromatic rings. The summed E-state index contributed by atoms with van der Waals surface area (Å²) in [4.78, 5) is 23.9. The van der Waals surface area contributed by atoms with E-state index in [1.807, 2.05) is 65.0 Å². The number of carbonyl (C=O) groups excluding carboxylic acids is 2. The van der Waals surface area contributed by atoms with Crippen molar-refractivity contribution < 1.29 is 19.1 Å². The standard InChI is InChI=1S/C22H27NO4/c1-14-9-10-19(11-16(14)3)18(5)23-21(24)12-27-22(25)13-26-20-8-6-7-15(2)17(20)4/h6-11,18H,12-13H2,1-5H3,(H,23,24)/t18-/m1/s1. The van der Waals surface area contributed by atoms with Crippen molar-refractivity contribution in [2.75, 3.05) is 13.2 Å². The van der Waals surface area contributed by atoms with Gasteiger partial charge in [-0.15, -0.1) is 0 Å². The van der Waals surface area contributed by atoms with Crippen molar-refractivity contribution in [3.05, 3.63) is 64.2 Å². The van der Waals surface area contributed by atoms with Gasteiger partial charge in [0.05, 0.1) is 6.04 Å². The van der Waals surface area contributed by atoms with Gasteiger partial charge < -0.3 is 14.8 Å². The second-order valence-corrected chi connectivity index (χ2v) is 6.78. The van der Waals surface area contributed by atoms with Crippen LogP contribution in [0.5, 0.6) is 5.75 Å². The van der Waals surface area contributed by atoms with Crippen LogP contribution in [0, 0.1) is 27.7 Å². The number of aryl methyl sites for hydroxylation is 3. The first-order valence-electron chi connectivity index (χ1n) is 8.99. The molecule has 0 radical (unpaired) electrons. The molecule has 2 rings (SSSR count). The van der Waals surface area contributed by atoms with Gasteiger partial charge in [-0.05, 0) is 68.5 Å². The topological polar surface area (TPSA) is 64.6 Å². The number of ether oxygens (including phenoxy) is 2. The van der Waals surface area contributed by atoms with Crippen LogP contribution in [0.4, 0.5) is 0 Å². The number of amides is 1. The zero-order chi connectivity index (χ0) is 20.0. The minimum absolute atomic E-state index is 0.165. The van der Waals surface area contributed by atoms with Crippen molar-refractivity contribution in [2.24, 2.45) is 0 Å². The molecule has 1 amide bonds. The first-order chi connectivity index (χ1) is 12.8. The molecule has 0 heterocycles. The number of nitrogens with one attached hydrogen (secondary N) is 1. The predicted octanol–water partition coefficient (Wildman–Crippen LogP) is 3.72. The molecule has 0 aromatic heterocycles. The smallest absolute Gasteiger partial charge is 0.344 e. The Bertz CT molecular complexity index is 829. The maximum absolute atomic E-state index is 12.0. The molecule has 0 spiro atoms. The lowest BCUT2D eigenvalue weighted by molar-refractivity contribution is -0.150. The van der Waals surface area contributed by atoms with E-state index in [-0.39, 0.29) is 25.2 Å². The fraction of sp³-hybridized carbons (Fsp3) is 0.364. The van der Waals surface area contributed by atoms with Gasteiger partial charge in [0.25, 0.3) is 5.91 Å². The average Bonchev–Trinajstić information content (AvgIpc) is 2.63. The van der Waals surface area contributed by atoms with Crippen LogP contribution in [-0.2, 0) is 14.3 Å². The van der Waals surface area contributed by atoms with E-state index in [1.54, 1.807) is 6.07 Å². The summed E-state index contributed by atoms with van der Waals surface area (Å²) in [6, 6.07) is 11.5. The van der Waals surface area contributed by atoms with Crippen LogP contribution >= 0.6 is 0 Å². The number of rotatable bonds is 7. The summed E-state index contributed by atoms with van der Waals surface area (Å²) in [6.45, 7) is 9.31. The molecule has 5 nitrogen and oxygen atoms in total. The molecule has 144 valence electrons.